The SMILES string of the molecule is CCNC(=NCc1c(Cl)cccc1N1CCN(C)CC1)NCC(CCO)CC(C)C.I. The molecule has 8 heteroatoms. The minimum Gasteiger partial charge on any atom is -0.396 e. The molecule has 1 aliphatic heterocycles. The number of aliphatic hydroxyl groups is 1. The van der Waals surface area contributed by atoms with Gasteiger partial charge in [0.2, 0.25) is 0 Å². The summed E-state index contributed by atoms with van der Waals surface area (Å²) in [4.78, 5) is 9.60. The second-order valence-electron chi connectivity index (χ2n) is 8.61. The molecular weight excluding hydrogens is 525 g/mol. The molecule has 1 atom stereocenters. The molecule has 0 amide bonds. The summed E-state index contributed by atoms with van der Waals surface area (Å²) in [6, 6.07) is 6.13. The van der Waals surface area contributed by atoms with Crippen LogP contribution in [0.5, 0.6) is 0 Å². The third-order valence-corrected chi connectivity index (χ3v) is 5.93. The highest BCUT2D eigenvalue weighted by molar-refractivity contribution is 14.0. The molecule has 1 aliphatic rings. The van der Waals surface area contributed by atoms with Crippen molar-refractivity contribution in [3.63, 3.8) is 0 Å². The number of guanidine groups is 1. The molecular formula is C23H41ClIN5O. The normalized spacial score (nSPS) is 16.2. The van der Waals surface area contributed by atoms with Crippen LogP contribution in [-0.4, -0.2) is 68.9 Å². The third-order valence-electron chi connectivity index (χ3n) is 5.58. The largest absolute Gasteiger partial charge is 0.396 e. The number of halogens is 2. The Morgan fingerprint density at radius 3 is 2.52 bits per heavy atom. The van der Waals surface area contributed by atoms with E-state index in [1.807, 2.05) is 12.1 Å². The van der Waals surface area contributed by atoms with Crippen LogP contribution in [0.15, 0.2) is 23.2 Å². The first-order chi connectivity index (χ1) is 14.4. The highest BCUT2D eigenvalue weighted by Gasteiger charge is 2.18. The Labute approximate surface area is 210 Å². The zero-order valence-corrected chi connectivity index (χ0v) is 22.6. The van der Waals surface area contributed by atoms with Crippen molar-refractivity contribution in [2.75, 3.05) is 57.8 Å². The Bertz CT molecular complexity index is 665. The van der Waals surface area contributed by atoms with Gasteiger partial charge in [-0.05, 0) is 50.8 Å². The lowest BCUT2D eigenvalue weighted by Gasteiger charge is -2.35. The summed E-state index contributed by atoms with van der Waals surface area (Å²) in [6.07, 6.45) is 1.90. The van der Waals surface area contributed by atoms with Crippen molar-refractivity contribution in [2.24, 2.45) is 16.8 Å². The first-order valence-electron chi connectivity index (χ1n) is 11.3. The van der Waals surface area contributed by atoms with Crippen molar-refractivity contribution in [2.45, 2.75) is 40.2 Å². The number of nitrogens with zero attached hydrogens (tertiary/aromatic N) is 3. The number of aliphatic imine (C=N–C) groups is 1. The van der Waals surface area contributed by atoms with Gasteiger partial charge in [-0.25, -0.2) is 4.99 Å². The molecule has 178 valence electrons. The van der Waals surface area contributed by atoms with E-state index < -0.39 is 0 Å². The first kappa shape index (κ1) is 28.3. The van der Waals surface area contributed by atoms with Crippen LogP contribution in [0.25, 0.3) is 0 Å². The number of rotatable bonds is 10. The summed E-state index contributed by atoms with van der Waals surface area (Å²) >= 11 is 6.59. The maximum atomic E-state index is 9.38. The number of nitrogens with one attached hydrogen (secondary N) is 2. The van der Waals surface area contributed by atoms with E-state index in [1.54, 1.807) is 0 Å². The van der Waals surface area contributed by atoms with Crippen LogP contribution in [0.4, 0.5) is 5.69 Å². The van der Waals surface area contributed by atoms with E-state index in [4.69, 9.17) is 16.6 Å². The van der Waals surface area contributed by atoms with Crippen molar-refractivity contribution < 1.29 is 5.11 Å². The topological polar surface area (TPSA) is 63.1 Å². The fourth-order valence-electron chi connectivity index (χ4n) is 3.94. The zero-order valence-electron chi connectivity index (χ0n) is 19.5. The minimum atomic E-state index is 0. The fraction of sp³-hybridized carbons (Fsp3) is 0.696. The van der Waals surface area contributed by atoms with Gasteiger partial charge in [0.05, 0.1) is 6.54 Å². The number of piperazine rings is 1. The van der Waals surface area contributed by atoms with Gasteiger partial charge in [0.15, 0.2) is 5.96 Å². The lowest BCUT2D eigenvalue weighted by Crippen LogP contribution is -2.44. The molecule has 0 aromatic heterocycles. The summed E-state index contributed by atoms with van der Waals surface area (Å²) in [5, 5.41) is 17.0. The Balaban J connectivity index is 0.00000480. The van der Waals surface area contributed by atoms with E-state index in [9.17, 15) is 5.11 Å². The smallest absolute Gasteiger partial charge is 0.191 e. The number of aliphatic hydroxyl groups excluding tert-OH is 1. The second kappa shape index (κ2) is 15.1. The van der Waals surface area contributed by atoms with E-state index in [-0.39, 0.29) is 30.6 Å². The van der Waals surface area contributed by atoms with Crippen LogP contribution < -0.4 is 15.5 Å². The highest BCUT2D eigenvalue weighted by atomic mass is 127. The van der Waals surface area contributed by atoms with Gasteiger partial charge in [-0.1, -0.05) is 31.5 Å². The summed E-state index contributed by atoms with van der Waals surface area (Å²) < 4.78 is 0. The molecule has 0 radical (unpaired) electrons. The standard InChI is InChI=1S/C23H40ClN5O.HI/c1-5-25-23(26-16-19(9-14-30)15-18(2)3)27-17-20-21(24)7-6-8-22(20)29-12-10-28(4)11-13-29;/h6-8,18-19,30H,5,9-17H2,1-4H3,(H2,25,26,27);1H. The lowest BCUT2D eigenvalue weighted by molar-refractivity contribution is 0.243. The highest BCUT2D eigenvalue weighted by Crippen LogP contribution is 2.29. The number of hydrogen-bond donors (Lipinski definition) is 3. The van der Waals surface area contributed by atoms with E-state index in [0.717, 1.165) is 68.7 Å². The molecule has 1 aromatic rings. The van der Waals surface area contributed by atoms with Crippen LogP contribution in [0, 0.1) is 11.8 Å². The lowest BCUT2D eigenvalue weighted by atomic mass is 9.94. The summed E-state index contributed by atoms with van der Waals surface area (Å²) in [5.74, 6) is 1.84. The molecule has 0 aliphatic carbocycles. The van der Waals surface area contributed by atoms with Gasteiger partial charge in [-0.15, -0.1) is 24.0 Å². The molecule has 1 saturated heterocycles. The van der Waals surface area contributed by atoms with Crippen molar-refractivity contribution in [3.8, 4) is 0 Å². The third kappa shape index (κ3) is 9.72. The number of benzene rings is 1. The molecule has 0 bridgehead atoms. The van der Waals surface area contributed by atoms with Gasteiger partial charge < -0.3 is 25.5 Å². The number of anilines is 1. The zero-order chi connectivity index (χ0) is 21.9. The van der Waals surface area contributed by atoms with Crippen molar-refractivity contribution in [1.82, 2.24) is 15.5 Å². The molecule has 1 heterocycles. The molecule has 1 aromatic carbocycles. The minimum absolute atomic E-state index is 0. The maximum Gasteiger partial charge on any atom is 0.191 e. The number of likely N-dealkylation sites (N-methyl/N-ethyl adjacent to an activating group) is 1. The average molecular weight is 566 g/mol. The maximum absolute atomic E-state index is 9.38. The number of hydrogen-bond acceptors (Lipinski definition) is 4. The van der Waals surface area contributed by atoms with Crippen LogP contribution in [0.3, 0.4) is 0 Å². The molecule has 0 saturated carbocycles. The Hall–Kier alpha value is -0.770. The van der Waals surface area contributed by atoms with Crippen LogP contribution in [0.1, 0.15) is 39.2 Å². The summed E-state index contributed by atoms with van der Waals surface area (Å²) in [6.45, 7) is 13.0. The van der Waals surface area contributed by atoms with E-state index in [0.29, 0.717) is 18.4 Å². The van der Waals surface area contributed by atoms with E-state index in [1.165, 1.54) is 5.69 Å². The second-order valence-corrected chi connectivity index (χ2v) is 9.02. The van der Waals surface area contributed by atoms with E-state index >= 15 is 0 Å². The van der Waals surface area contributed by atoms with Crippen molar-refractivity contribution >= 4 is 47.2 Å². The van der Waals surface area contributed by atoms with Crippen molar-refractivity contribution in [3.05, 3.63) is 28.8 Å². The molecule has 3 N–H and O–H groups in total. The summed E-state index contributed by atoms with van der Waals surface area (Å²) in [5.41, 5.74) is 2.27. The fourth-order valence-corrected chi connectivity index (χ4v) is 4.17. The molecule has 0 spiro atoms. The van der Waals surface area contributed by atoms with E-state index in [2.05, 4.69) is 54.3 Å². The van der Waals surface area contributed by atoms with Crippen LogP contribution in [0.2, 0.25) is 5.02 Å². The van der Waals surface area contributed by atoms with Gasteiger partial charge in [0.1, 0.15) is 0 Å². The monoisotopic (exact) mass is 565 g/mol. The summed E-state index contributed by atoms with van der Waals surface area (Å²) in [7, 11) is 2.16. The average Bonchev–Trinajstić information content (AvgIpc) is 2.71. The van der Waals surface area contributed by atoms with Crippen LogP contribution in [-0.2, 0) is 6.54 Å². The Kier molecular flexibility index (Phi) is 13.8. The van der Waals surface area contributed by atoms with Crippen molar-refractivity contribution in [1.29, 1.82) is 0 Å². The predicted octanol–water partition coefficient (Wildman–Crippen LogP) is 3.81. The van der Waals surface area contributed by atoms with Gasteiger partial charge in [0, 0.05) is 62.1 Å². The van der Waals surface area contributed by atoms with Gasteiger partial charge >= 0.3 is 0 Å². The molecule has 2 rings (SSSR count). The Morgan fingerprint density at radius 2 is 1.90 bits per heavy atom. The Morgan fingerprint density at radius 1 is 1.19 bits per heavy atom. The first-order valence-corrected chi connectivity index (χ1v) is 11.7. The quantitative estimate of drug-likeness (QED) is 0.229. The molecule has 31 heavy (non-hydrogen) atoms. The molecule has 1 unspecified atom stereocenters. The van der Waals surface area contributed by atoms with Gasteiger partial charge in [-0.2, -0.15) is 0 Å². The molecule has 1 fully saturated rings. The molecule has 6 nitrogen and oxygen atoms in total. The van der Waals surface area contributed by atoms with Gasteiger partial charge in [-0.3, -0.25) is 0 Å². The van der Waals surface area contributed by atoms with Gasteiger partial charge in [0.25, 0.3) is 0 Å². The predicted molar refractivity (Wildman–Crippen MR) is 144 cm³/mol. The van der Waals surface area contributed by atoms with Crippen LogP contribution >= 0.6 is 35.6 Å².